The standard InChI is InChI=1S/C15H19NO3/c1-9(2)13(15(18)19)16-14(17)12-8-7-10-5-3-4-6-11(10)12/h3-6,9,12-13H,7-8H2,1-2H3,(H,16,17)(H,18,19). The van der Waals surface area contributed by atoms with Crippen LogP contribution >= 0.6 is 0 Å². The molecule has 1 aromatic rings. The lowest BCUT2D eigenvalue weighted by atomic mass is 9.98. The van der Waals surface area contributed by atoms with Crippen LogP contribution in [-0.4, -0.2) is 23.0 Å². The molecule has 0 spiro atoms. The van der Waals surface area contributed by atoms with Crippen LogP contribution < -0.4 is 5.32 Å². The minimum absolute atomic E-state index is 0.127. The van der Waals surface area contributed by atoms with Gasteiger partial charge in [0.1, 0.15) is 6.04 Å². The van der Waals surface area contributed by atoms with Crippen LogP contribution in [0.15, 0.2) is 24.3 Å². The van der Waals surface area contributed by atoms with Gasteiger partial charge in [0.05, 0.1) is 5.92 Å². The molecular weight excluding hydrogens is 242 g/mol. The summed E-state index contributed by atoms with van der Waals surface area (Å²) in [4.78, 5) is 23.4. The molecule has 2 rings (SSSR count). The fourth-order valence-corrected chi connectivity index (χ4v) is 2.60. The first-order valence-electron chi connectivity index (χ1n) is 6.61. The van der Waals surface area contributed by atoms with E-state index in [1.807, 2.05) is 24.3 Å². The fraction of sp³-hybridized carbons (Fsp3) is 0.467. The van der Waals surface area contributed by atoms with Crippen molar-refractivity contribution in [2.24, 2.45) is 5.92 Å². The molecule has 19 heavy (non-hydrogen) atoms. The number of hydrogen-bond acceptors (Lipinski definition) is 2. The summed E-state index contributed by atoms with van der Waals surface area (Å²) in [5.74, 6) is -1.49. The van der Waals surface area contributed by atoms with Gasteiger partial charge in [0.2, 0.25) is 5.91 Å². The molecule has 0 saturated carbocycles. The summed E-state index contributed by atoms with van der Waals surface area (Å²) >= 11 is 0. The summed E-state index contributed by atoms with van der Waals surface area (Å²) in [6, 6.07) is 7.05. The summed E-state index contributed by atoms with van der Waals surface area (Å²) in [6.07, 6.45) is 1.64. The molecule has 102 valence electrons. The maximum Gasteiger partial charge on any atom is 0.326 e. The molecule has 0 heterocycles. The van der Waals surface area contributed by atoms with Crippen LogP contribution in [0, 0.1) is 5.92 Å². The van der Waals surface area contributed by atoms with Gasteiger partial charge in [-0.2, -0.15) is 0 Å². The maximum absolute atomic E-state index is 12.3. The molecule has 2 N–H and O–H groups in total. The largest absolute Gasteiger partial charge is 0.480 e. The Morgan fingerprint density at radius 2 is 2.00 bits per heavy atom. The highest BCUT2D eigenvalue weighted by molar-refractivity contribution is 5.89. The van der Waals surface area contributed by atoms with E-state index in [1.165, 1.54) is 5.56 Å². The van der Waals surface area contributed by atoms with E-state index in [4.69, 9.17) is 5.11 Å². The van der Waals surface area contributed by atoms with Gasteiger partial charge in [-0.3, -0.25) is 4.79 Å². The molecule has 0 aromatic heterocycles. The Morgan fingerprint density at radius 1 is 1.32 bits per heavy atom. The molecule has 2 atom stereocenters. The molecule has 0 saturated heterocycles. The van der Waals surface area contributed by atoms with Crippen molar-refractivity contribution in [3.63, 3.8) is 0 Å². The third kappa shape index (κ3) is 2.78. The number of carboxylic acid groups (broad SMARTS) is 1. The molecule has 2 unspecified atom stereocenters. The molecule has 0 fully saturated rings. The molecule has 1 aromatic carbocycles. The zero-order valence-electron chi connectivity index (χ0n) is 11.2. The summed E-state index contributed by atoms with van der Waals surface area (Å²) in [7, 11) is 0. The second-order valence-electron chi connectivity index (χ2n) is 5.36. The van der Waals surface area contributed by atoms with Crippen molar-refractivity contribution in [2.75, 3.05) is 0 Å². The number of fused-ring (bicyclic) bond motifs is 1. The molecule has 1 aliphatic carbocycles. The SMILES string of the molecule is CC(C)C(NC(=O)C1CCc2ccccc21)C(=O)O. The normalized spacial score (nSPS) is 19.0. The van der Waals surface area contributed by atoms with E-state index < -0.39 is 12.0 Å². The van der Waals surface area contributed by atoms with Crippen molar-refractivity contribution in [3.05, 3.63) is 35.4 Å². The smallest absolute Gasteiger partial charge is 0.326 e. The summed E-state index contributed by atoms with van der Waals surface area (Å²) in [5.41, 5.74) is 2.23. The van der Waals surface area contributed by atoms with Gasteiger partial charge in [-0.05, 0) is 29.9 Å². The van der Waals surface area contributed by atoms with E-state index in [9.17, 15) is 9.59 Å². The Bertz CT molecular complexity index is 496. The number of nitrogens with one attached hydrogen (secondary N) is 1. The Balaban J connectivity index is 2.12. The Kier molecular flexibility index (Phi) is 3.88. The average Bonchev–Trinajstić information content (AvgIpc) is 2.78. The molecule has 0 aliphatic heterocycles. The van der Waals surface area contributed by atoms with Gasteiger partial charge in [-0.1, -0.05) is 38.1 Å². The van der Waals surface area contributed by atoms with Crippen LogP contribution in [0.5, 0.6) is 0 Å². The second-order valence-corrected chi connectivity index (χ2v) is 5.36. The van der Waals surface area contributed by atoms with Gasteiger partial charge >= 0.3 is 5.97 Å². The van der Waals surface area contributed by atoms with Crippen LogP contribution in [0.25, 0.3) is 0 Å². The molecule has 0 radical (unpaired) electrons. The van der Waals surface area contributed by atoms with Crippen molar-refractivity contribution in [3.8, 4) is 0 Å². The predicted octanol–water partition coefficient (Wildman–Crippen LogP) is 1.94. The van der Waals surface area contributed by atoms with E-state index in [0.717, 1.165) is 18.4 Å². The third-order valence-electron chi connectivity index (χ3n) is 3.68. The number of carboxylic acids is 1. The van der Waals surface area contributed by atoms with Crippen LogP contribution in [0.1, 0.15) is 37.3 Å². The third-order valence-corrected chi connectivity index (χ3v) is 3.68. The highest BCUT2D eigenvalue weighted by Crippen LogP contribution is 2.33. The summed E-state index contributed by atoms with van der Waals surface area (Å²) in [5, 5.41) is 11.8. The maximum atomic E-state index is 12.3. The Hall–Kier alpha value is -1.84. The van der Waals surface area contributed by atoms with Crippen molar-refractivity contribution in [2.45, 2.75) is 38.6 Å². The number of carbonyl (C=O) groups is 2. The van der Waals surface area contributed by atoms with Gasteiger partial charge in [-0.15, -0.1) is 0 Å². The number of amides is 1. The first kappa shape index (κ1) is 13.6. The van der Waals surface area contributed by atoms with Crippen LogP contribution in [-0.2, 0) is 16.0 Å². The summed E-state index contributed by atoms with van der Waals surface area (Å²) < 4.78 is 0. The Morgan fingerprint density at radius 3 is 2.63 bits per heavy atom. The highest BCUT2D eigenvalue weighted by atomic mass is 16.4. The quantitative estimate of drug-likeness (QED) is 0.870. The van der Waals surface area contributed by atoms with E-state index in [0.29, 0.717) is 0 Å². The first-order valence-corrected chi connectivity index (χ1v) is 6.61. The van der Waals surface area contributed by atoms with Crippen molar-refractivity contribution >= 4 is 11.9 Å². The van der Waals surface area contributed by atoms with E-state index in [2.05, 4.69) is 5.32 Å². The number of rotatable bonds is 4. The lowest BCUT2D eigenvalue weighted by molar-refractivity contribution is -0.143. The lowest BCUT2D eigenvalue weighted by Crippen LogP contribution is -2.45. The highest BCUT2D eigenvalue weighted by Gasteiger charge is 2.31. The molecule has 1 amide bonds. The zero-order valence-corrected chi connectivity index (χ0v) is 11.2. The van der Waals surface area contributed by atoms with E-state index in [-0.39, 0.29) is 17.7 Å². The Labute approximate surface area is 112 Å². The van der Waals surface area contributed by atoms with Gasteiger partial charge in [0.25, 0.3) is 0 Å². The molecule has 4 heteroatoms. The van der Waals surface area contributed by atoms with Crippen LogP contribution in [0.2, 0.25) is 0 Å². The van der Waals surface area contributed by atoms with Crippen molar-refractivity contribution in [1.82, 2.24) is 5.32 Å². The second kappa shape index (κ2) is 5.43. The molecular formula is C15H19NO3. The molecule has 0 bridgehead atoms. The number of benzene rings is 1. The predicted molar refractivity (Wildman–Crippen MR) is 71.9 cm³/mol. The van der Waals surface area contributed by atoms with Crippen molar-refractivity contribution in [1.29, 1.82) is 0 Å². The first-order chi connectivity index (χ1) is 9.00. The molecule has 4 nitrogen and oxygen atoms in total. The fourth-order valence-electron chi connectivity index (χ4n) is 2.60. The van der Waals surface area contributed by atoms with E-state index >= 15 is 0 Å². The minimum Gasteiger partial charge on any atom is -0.480 e. The number of aliphatic carboxylic acids is 1. The van der Waals surface area contributed by atoms with Gasteiger partial charge in [0.15, 0.2) is 0 Å². The average molecular weight is 261 g/mol. The van der Waals surface area contributed by atoms with Gasteiger partial charge < -0.3 is 10.4 Å². The van der Waals surface area contributed by atoms with Crippen LogP contribution in [0.3, 0.4) is 0 Å². The number of aryl methyl sites for hydroxylation is 1. The minimum atomic E-state index is -0.977. The lowest BCUT2D eigenvalue weighted by Gasteiger charge is -2.20. The topological polar surface area (TPSA) is 66.4 Å². The van der Waals surface area contributed by atoms with E-state index in [1.54, 1.807) is 13.8 Å². The monoisotopic (exact) mass is 261 g/mol. The number of carbonyl (C=O) groups excluding carboxylic acids is 1. The van der Waals surface area contributed by atoms with Crippen molar-refractivity contribution < 1.29 is 14.7 Å². The van der Waals surface area contributed by atoms with Gasteiger partial charge in [0, 0.05) is 0 Å². The van der Waals surface area contributed by atoms with Gasteiger partial charge in [-0.25, -0.2) is 4.79 Å². The summed E-state index contributed by atoms with van der Waals surface area (Å²) in [6.45, 7) is 3.59. The molecule has 1 aliphatic rings. The number of hydrogen-bond donors (Lipinski definition) is 2. The zero-order chi connectivity index (χ0) is 14.0. The van der Waals surface area contributed by atoms with Crippen LogP contribution in [0.4, 0.5) is 0 Å².